The fourth-order valence-electron chi connectivity index (χ4n) is 0.555. The zero-order valence-corrected chi connectivity index (χ0v) is 9.72. The van der Waals surface area contributed by atoms with E-state index in [1.807, 2.05) is 0 Å². The van der Waals surface area contributed by atoms with Crippen LogP contribution in [0.4, 0.5) is 13.2 Å². The van der Waals surface area contributed by atoms with E-state index in [0.717, 1.165) is 0 Å². The molecule has 0 unspecified atom stereocenters. The molecule has 0 bridgehead atoms. The van der Waals surface area contributed by atoms with E-state index in [2.05, 4.69) is 3.63 Å². The first-order valence-corrected chi connectivity index (χ1v) is 7.55. The van der Waals surface area contributed by atoms with Crippen molar-refractivity contribution in [3.63, 3.8) is 0 Å². The fourth-order valence-corrected chi connectivity index (χ4v) is 3.77. The Morgan fingerprint density at radius 3 is 1.71 bits per heavy atom. The second-order valence-electron chi connectivity index (χ2n) is 2.73. The minimum atomic E-state index is -5.44. The number of rotatable bonds is 4. The third-order valence-electron chi connectivity index (χ3n) is 1.76. The first kappa shape index (κ1) is 14.1. The molecule has 0 N–H and O–H groups in total. The second-order valence-corrected chi connectivity index (χ2v) is 8.17. The van der Waals surface area contributed by atoms with E-state index in [-0.39, 0.29) is 11.5 Å². The summed E-state index contributed by atoms with van der Waals surface area (Å²) in [7, 11) is -7.61. The average molecular weight is 254 g/mol. The molecule has 0 amide bonds. The van der Waals surface area contributed by atoms with Gasteiger partial charge >= 0.3 is 15.6 Å². The molecule has 0 aromatic heterocycles. The van der Waals surface area contributed by atoms with Crippen molar-refractivity contribution in [2.45, 2.75) is 19.4 Å². The van der Waals surface area contributed by atoms with Crippen LogP contribution < -0.4 is 0 Å². The van der Waals surface area contributed by atoms with Crippen molar-refractivity contribution in [1.29, 1.82) is 0 Å². The van der Waals surface area contributed by atoms with Crippen LogP contribution in [-0.2, 0) is 13.7 Å². The Morgan fingerprint density at radius 2 is 1.50 bits per heavy atom. The summed E-state index contributed by atoms with van der Waals surface area (Å²) in [6.07, 6.45) is 1.41. The maximum absolute atomic E-state index is 11.9. The van der Waals surface area contributed by atoms with Gasteiger partial charge in [-0.25, -0.2) is 3.63 Å². The summed E-state index contributed by atoms with van der Waals surface area (Å²) in [5.74, 6) is 0.553. The molecule has 0 atom stereocenters. The summed E-state index contributed by atoms with van der Waals surface area (Å²) in [6.45, 7) is 3.20. The minimum Gasteiger partial charge on any atom is -0.213 e. The molecule has 0 aliphatic rings. The third kappa shape index (κ3) is 3.32. The van der Waals surface area contributed by atoms with Crippen LogP contribution in [0.25, 0.3) is 0 Å². The van der Waals surface area contributed by atoms with Gasteiger partial charge in [0.2, 0.25) is 0 Å². The molecule has 0 saturated heterocycles. The van der Waals surface area contributed by atoms with Gasteiger partial charge in [0.05, 0.1) is 0 Å². The van der Waals surface area contributed by atoms with Crippen LogP contribution in [0.2, 0.25) is 0 Å². The predicted molar refractivity (Wildman–Crippen MR) is 50.7 cm³/mol. The van der Waals surface area contributed by atoms with Gasteiger partial charge in [-0.05, 0) is 17.8 Å². The molecule has 88 valence electrons. The normalized spacial score (nSPS) is 15.6. The SMILES string of the molecule is CCS(C)(CC)OS(=O)(=O)C(F)(F)F. The van der Waals surface area contributed by atoms with Gasteiger partial charge in [0.1, 0.15) is 0 Å². The lowest BCUT2D eigenvalue weighted by molar-refractivity contribution is -0.0496. The Balaban J connectivity index is 4.85. The number of hydrogen-bond donors (Lipinski definition) is 0. The topological polar surface area (TPSA) is 43.4 Å². The average Bonchev–Trinajstić information content (AvgIpc) is 2.01. The highest BCUT2D eigenvalue weighted by Crippen LogP contribution is 2.48. The van der Waals surface area contributed by atoms with Crippen LogP contribution in [0.15, 0.2) is 0 Å². The smallest absolute Gasteiger partial charge is 0.213 e. The van der Waals surface area contributed by atoms with Gasteiger partial charge in [-0.1, -0.05) is 13.8 Å². The van der Waals surface area contributed by atoms with Crippen molar-refractivity contribution < 1.29 is 25.2 Å². The quantitative estimate of drug-likeness (QED) is 0.723. The van der Waals surface area contributed by atoms with Gasteiger partial charge in [-0.15, -0.1) is 10.3 Å². The first-order chi connectivity index (χ1) is 6.08. The van der Waals surface area contributed by atoms with E-state index < -0.39 is 25.9 Å². The molecule has 0 rings (SSSR count). The zero-order valence-electron chi connectivity index (χ0n) is 8.09. The Kier molecular flexibility index (Phi) is 4.29. The van der Waals surface area contributed by atoms with Crippen LogP contribution in [0.5, 0.6) is 0 Å². The van der Waals surface area contributed by atoms with Crippen molar-refractivity contribution >= 4 is 20.4 Å². The van der Waals surface area contributed by atoms with Crippen molar-refractivity contribution in [3.8, 4) is 0 Å². The molecule has 0 aliphatic heterocycles. The van der Waals surface area contributed by atoms with Crippen LogP contribution in [0, 0.1) is 0 Å². The van der Waals surface area contributed by atoms with Crippen LogP contribution in [0.1, 0.15) is 13.8 Å². The monoisotopic (exact) mass is 254 g/mol. The molecule has 0 aliphatic carbocycles. The van der Waals surface area contributed by atoms with Gasteiger partial charge in [-0.2, -0.15) is 21.6 Å². The molecule has 3 nitrogen and oxygen atoms in total. The zero-order chi connectivity index (χ0) is 11.6. The number of halogens is 3. The summed E-state index contributed by atoms with van der Waals surface area (Å²) < 4.78 is 61.3. The second kappa shape index (κ2) is 4.28. The van der Waals surface area contributed by atoms with E-state index in [1.165, 1.54) is 6.26 Å². The van der Waals surface area contributed by atoms with Crippen molar-refractivity contribution in [3.05, 3.63) is 0 Å². The molecule has 0 saturated carbocycles. The maximum Gasteiger partial charge on any atom is 0.523 e. The fraction of sp³-hybridized carbons (Fsp3) is 1.00. The van der Waals surface area contributed by atoms with E-state index in [1.54, 1.807) is 13.8 Å². The Labute approximate surface area is 83.3 Å². The molecule has 0 radical (unpaired) electrons. The molecule has 0 heterocycles. The van der Waals surface area contributed by atoms with Gasteiger partial charge in [0.15, 0.2) is 0 Å². The summed E-state index contributed by atoms with van der Waals surface area (Å²) >= 11 is 0. The highest BCUT2D eigenvalue weighted by molar-refractivity contribution is 8.32. The summed E-state index contributed by atoms with van der Waals surface area (Å²) in [5, 5.41) is 0. The number of hydrogen-bond acceptors (Lipinski definition) is 3. The number of alkyl halides is 3. The largest absolute Gasteiger partial charge is 0.523 e. The van der Waals surface area contributed by atoms with Crippen molar-refractivity contribution in [1.82, 2.24) is 0 Å². The minimum absolute atomic E-state index is 0.277. The molecular formula is C6H13F3O3S2. The van der Waals surface area contributed by atoms with E-state index >= 15 is 0 Å². The summed E-state index contributed by atoms with van der Waals surface area (Å²) in [5.41, 5.74) is -5.33. The molecule has 0 aromatic carbocycles. The predicted octanol–water partition coefficient (Wildman–Crippen LogP) is 2.24. The lowest BCUT2D eigenvalue weighted by Crippen LogP contribution is -2.27. The first-order valence-electron chi connectivity index (χ1n) is 3.84. The standard InChI is InChI=1S/C6H13F3O3S2/c1-4-13(3,5-2)12-14(10,11)6(7,8)9/h4-5H2,1-3H3. The van der Waals surface area contributed by atoms with E-state index in [4.69, 9.17) is 0 Å². The van der Waals surface area contributed by atoms with Crippen molar-refractivity contribution in [2.75, 3.05) is 17.8 Å². The van der Waals surface area contributed by atoms with Gasteiger partial charge < -0.3 is 0 Å². The molecule has 0 spiro atoms. The lowest BCUT2D eigenvalue weighted by Gasteiger charge is -2.31. The maximum atomic E-state index is 11.9. The summed E-state index contributed by atoms with van der Waals surface area (Å²) in [4.78, 5) is 0. The lowest BCUT2D eigenvalue weighted by atomic mass is 11.0. The van der Waals surface area contributed by atoms with Crippen molar-refractivity contribution in [2.24, 2.45) is 0 Å². The van der Waals surface area contributed by atoms with Gasteiger partial charge in [-0.3, -0.25) is 0 Å². The van der Waals surface area contributed by atoms with E-state index in [0.29, 0.717) is 0 Å². The third-order valence-corrected chi connectivity index (χ3v) is 6.80. The van der Waals surface area contributed by atoms with Gasteiger partial charge in [0.25, 0.3) is 0 Å². The Morgan fingerprint density at radius 1 is 1.14 bits per heavy atom. The molecule has 14 heavy (non-hydrogen) atoms. The molecule has 0 fully saturated rings. The Hall–Kier alpha value is 0.0500. The molecule has 0 aromatic rings. The highest BCUT2D eigenvalue weighted by Gasteiger charge is 2.49. The van der Waals surface area contributed by atoms with E-state index in [9.17, 15) is 21.6 Å². The summed E-state index contributed by atoms with van der Waals surface area (Å²) in [6, 6.07) is 0. The Bertz CT molecular complexity index is 279. The molecule has 8 heteroatoms. The van der Waals surface area contributed by atoms with Crippen LogP contribution in [0.3, 0.4) is 0 Å². The van der Waals surface area contributed by atoms with Crippen LogP contribution in [-0.4, -0.2) is 31.7 Å². The van der Waals surface area contributed by atoms with Gasteiger partial charge in [0, 0.05) is 0 Å². The highest BCUT2D eigenvalue weighted by atomic mass is 32.3. The van der Waals surface area contributed by atoms with Crippen LogP contribution >= 0.6 is 10.3 Å². The molecular weight excluding hydrogens is 241 g/mol.